The quantitative estimate of drug-likeness (QED) is 0.806. The topological polar surface area (TPSA) is 87.3 Å². The zero-order valence-corrected chi connectivity index (χ0v) is 14.7. The molecule has 9 heteroatoms. The number of hydrogen-bond donors (Lipinski definition) is 2. The average molecular weight is 399 g/mol. The second kappa shape index (κ2) is 6.81. The van der Waals surface area contributed by atoms with Gasteiger partial charge in [-0.1, -0.05) is 0 Å². The number of amides is 2. The third-order valence-electron chi connectivity index (χ3n) is 3.43. The Morgan fingerprint density at radius 2 is 2.30 bits per heavy atom. The monoisotopic (exact) mass is 398 g/mol. The normalized spacial score (nSPS) is 14.6. The highest BCUT2D eigenvalue weighted by Crippen LogP contribution is 2.30. The predicted octanol–water partition coefficient (Wildman–Crippen LogP) is 2.09. The number of aromatic amines is 1. The third kappa shape index (κ3) is 3.98. The van der Waals surface area contributed by atoms with E-state index in [2.05, 4.69) is 31.4 Å². The summed E-state index contributed by atoms with van der Waals surface area (Å²) in [7, 11) is 0. The van der Waals surface area contributed by atoms with Gasteiger partial charge in [-0.05, 0) is 28.1 Å². The summed E-state index contributed by atoms with van der Waals surface area (Å²) in [5.74, 6) is 0.215. The van der Waals surface area contributed by atoms with Crippen molar-refractivity contribution in [1.82, 2.24) is 15.1 Å². The van der Waals surface area contributed by atoms with E-state index in [-0.39, 0.29) is 24.5 Å². The molecule has 1 fully saturated rings. The molecule has 3 rings (SSSR count). The molecule has 0 spiro atoms. The van der Waals surface area contributed by atoms with Crippen molar-refractivity contribution >= 4 is 44.9 Å². The molecule has 0 unspecified atom stereocenters. The van der Waals surface area contributed by atoms with E-state index in [1.807, 2.05) is 12.1 Å². The molecular formula is C14H15BrN4O3S. The molecule has 0 radical (unpaired) electrons. The first kappa shape index (κ1) is 16.2. The number of halogens is 1. The molecule has 23 heavy (non-hydrogen) atoms. The zero-order chi connectivity index (χ0) is 16.4. The molecule has 1 saturated heterocycles. The molecule has 2 aromatic rings. The van der Waals surface area contributed by atoms with Gasteiger partial charge in [-0.25, -0.2) is 0 Å². The highest BCUT2D eigenvalue weighted by Gasteiger charge is 2.29. The molecule has 7 nitrogen and oxygen atoms in total. The fourth-order valence-electron chi connectivity index (χ4n) is 2.14. The number of rotatable bonds is 5. The van der Waals surface area contributed by atoms with Gasteiger partial charge in [0.1, 0.15) is 6.61 Å². The number of H-pyrrole nitrogens is 1. The van der Waals surface area contributed by atoms with Gasteiger partial charge in [0.25, 0.3) is 5.91 Å². The fourth-order valence-corrected chi connectivity index (χ4v) is 3.50. The van der Waals surface area contributed by atoms with Crippen LogP contribution in [0, 0.1) is 0 Å². The number of nitrogens with zero attached hydrogens (tertiary/aromatic N) is 2. The minimum absolute atomic E-state index is 0.0265. The Morgan fingerprint density at radius 3 is 2.96 bits per heavy atom. The van der Waals surface area contributed by atoms with Crippen molar-refractivity contribution in [2.45, 2.75) is 13.0 Å². The molecule has 2 N–H and O–H groups in total. The maximum absolute atomic E-state index is 11.8. The van der Waals surface area contributed by atoms with Gasteiger partial charge in [0, 0.05) is 26.1 Å². The van der Waals surface area contributed by atoms with Crippen LogP contribution in [-0.4, -0.2) is 52.7 Å². The number of carbonyl (C=O) groups is 2. The molecule has 0 aromatic carbocycles. The largest absolute Gasteiger partial charge is 0.365 e. The van der Waals surface area contributed by atoms with Gasteiger partial charge >= 0.3 is 0 Å². The van der Waals surface area contributed by atoms with Gasteiger partial charge in [-0.3, -0.25) is 14.7 Å². The first-order valence-electron chi connectivity index (χ1n) is 6.99. The Kier molecular flexibility index (Phi) is 4.79. The summed E-state index contributed by atoms with van der Waals surface area (Å²) in [5.41, 5.74) is 0.841. The standard InChI is InChI=1S/C14H15BrN4O3S/c1-8(20)19-5-9(6-19)22-7-14(21)16-13-4-10(17-18-13)11-2-3-12(15)23-11/h2-4,9H,5-7H2,1H3,(H2,16,17,18,21). The van der Waals surface area contributed by atoms with E-state index in [0.29, 0.717) is 18.9 Å². The van der Waals surface area contributed by atoms with Crippen LogP contribution in [0.5, 0.6) is 0 Å². The summed E-state index contributed by atoms with van der Waals surface area (Å²) in [6, 6.07) is 5.70. The summed E-state index contributed by atoms with van der Waals surface area (Å²) in [6.45, 7) is 2.55. The summed E-state index contributed by atoms with van der Waals surface area (Å²) < 4.78 is 6.47. The lowest BCUT2D eigenvalue weighted by Crippen LogP contribution is -2.54. The van der Waals surface area contributed by atoms with E-state index >= 15 is 0 Å². The summed E-state index contributed by atoms with van der Waals surface area (Å²) in [6.07, 6.45) is -0.0668. The van der Waals surface area contributed by atoms with Crippen molar-refractivity contribution in [3.8, 4) is 10.6 Å². The van der Waals surface area contributed by atoms with Crippen LogP contribution >= 0.6 is 27.3 Å². The number of hydrogen-bond acceptors (Lipinski definition) is 5. The predicted molar refractivity (Wildman–Crippen MR) is 90.2 cm³/mol. The van der Waals surface area contributed by atoms with Crippen LogP contribution in [0.4, 0.5) is 5.82 Å². The van der Waals surface area contributed by atoms with Gasteiger partial charge in [0.05, 0.1) is 20.5 Å². The molecule has 0 saturated carbocycles. The Morgan fingerprint density at radius 1 is 1.52 bits per heavy atom. The molecular weight excluding hydrogens is 384 g/mol. The molecule has 3 heterocycles. The highest BCUT2D eigenvalue weighted by molar-refractivity contribution is 9.11. The highest BCUT2D eigenvalue weighted by atomic mass is 79.9. The molecule has 1 aliphatic rings. The van der Waals surface area contributed by atoms with Crippen molar-refractivity contribution in [3.05, 3.63) is 22.0 Å². The first-order chi connectivity index (χ1) is 11.0. The minimum atomic E-state index is -0.267. The maximum Gasteiger partial charge on any atom is 0.251 e. The van der Waals surface area contributed by atoms with Crippen molar-refractivity contribution in [3.63, 3.8) is 0 Å². The number of thiophene rings is 1. The molecule has 0 bridgehead atoms. The van der Waals surface area contributed by atoms with Crippen LogP contribution in [-0.2, 0) is 14.3 Å². The van der Waals surface area contributed by atoms with Gasteiger partial charge in [0.15, 0.2) is 5.82 Å². The van der Waals surface area contributed by atoms with Crippen LogP contribution in [0.3, 0.4) is 0 Å². The number of likely N-dealkylation sites (tertiary alicyclic amines) is 1. The second-order valence-electron chi connectivity index (χ2n) is 5.18. The Hall–Kier alpha value is -1.71. The lowest BCUT2D eigenvalue weighted by atomic mass is 10.2. The molecule has 0 atom stereocenters. The van der Waals surface area contributed by atoms with Crippen LogP contribution in [0.2, 0.25) is 0 Å². The molecule has 0 aliphatic carbocycles. The Labute approximate surface area is 145 Å². The van der Waals surface area contributed by atoms with Crippen molar-refractivity contribution < 1.29 is 14.3 Å². The van der Waals surface area contributed by atoms with Crippen LogP contribution in [0.15, 0.2) is 22.0 Å². The van der Waals surface area contributed by atoms with E-state index in [0.717, 1.165) is 14.4 Å². The van der Waals surface area contributed by atoms with E-state index in [9.17, 15) is 9.59 Å². The SMILES string of the molecule is CC(=O)N1CC(OCC(=O)Nc2cc(-c3ccc(Br)s3)[nH]n2)C1. The second-order valence-corrected chi connectivity index (χ2v) is 7.64. The third-order valence-corrected chi connectivity index (χ3v) is 5.08. The van der Waals surface area contributed by atoms with Gasteiger partial charge < -0.3 is 15.0 Å². The van der Waals surface area contributed by atoms with Crippen LogP contribution < -0.4 is 5.32 Å². The number of aromatic nitrogens is 2. The zero-order valence-electron chi connectivity index (χ0n) is 12.3. The Balaban J connectivity index is 1.45. The van der Waals surface area contributed by atoms with E-state index in [4.69, 9.17) is 4.74 Å². The minimum Gasteiger partial charge on any atom is -0.365 e. The van der Waals surface area contributed by atoms with Crippen molar-refractivity contribution in [1.29, 1.82) is 0 Å². The van der Waals surface area contributed by atoms with E-state index in [1.54, 1.807) is 22.3 Å². The van der Waals surface area contributed by atoms with E-state index < -0.39 is 0 Å². The lowest BCUT2D eigenvalue weighted by molar-refractivity contribution is -0.144. The van der Waals surface area contributed by atoms with Crippen LogP contribution in [0.25, 0.3) is 10.6 Å². The number of anilines is 1. The first-order valence-corrected chi connectivity index (χ1v) is 8.60. The summed E-state index contributed by atoms with van der Waals surface area (Å²) in [4.78, 5) is 25.6. The number of nitrogens with one attached hydrogen (secondary N) is 2. The Bertz CT molecular complexity index is 723. The van der Waals surface area contributed by atoms with E-state index in [1.165, 1.54) is 6.92 Å². The number of carbonyl (C=O) groups excluding carboxylic acids is 2. The number of ether oxygens (including phenoxy) is 1. The molecule has 2 amide bonds. The summed E-state index contributed by atoms with van der Waals surface area (Å²) in [5, 5.41) is 9.63. The maximum atomic E-state index is 11.8. The van der Waals surface area contributed by atoms with Crippen molar-refractivity contribution in [2.24, 2.45) is 0 Å². The average Bonchev–Trinajstić information content (AvgIpc) is 3.05. The van der Waals surface area contributed by atoms with Gasteiger partial charge in [-0.15, -0.1) is 11.3 Å². The molecule has 1 aliphatic heterocycles. The van der Waals surface area contributed by atoms with Gasteiger partial charge in [0.2, 0.25) is 5.91 Å². The fraction of sp³-hybridized carbons (Fsp3) is 0.357. The smallest absolute Gasteiger partial charge is 0.251 e. The van der Waals surface area contributed by atoms with Crippen LogP contribution in [0.1, 0.15) is 6.92 Å². The van der Waals surface area contributed by atoms with Crippen molar-refractivity contribution in [2.75, 3.05) is 25.0 Å². The van der Waals surface area contributed by atoms with Gasteiger partial charge in [-0.2, -0.15) is 5.10 Å². The molecule has 122 valence electrons. The molecule has 2 aromatic heterocycles. The summed E-state index contributed by atoms with van der Waals surface area (Å²) >= 11 is 4.99. The lowest BCUT2D eigenvalue weighted by Gasteiger charge is -2.37.